The molecule has 0 unspecified atom stereocenters. The molecule has 0 amide bonds. The van der Waals surface area contributed by atoms with Crippen LogP contribution in [0.4, 0.5) is 5.82 Å². The van der Waals surface area contributed by atoms with E-state index >= 15 is 0 Å². The van der Waals surface area contributed by atoms with Crippen molar-refractivity contribution in [1.82, 2.24) is 9.55 Å². The van der Waals surface area contributed by atoms with Gasteiger partial charge in [-0.25, -0.2) is 9.78 Å². The number of rotatable bonds is 6. The number of nitrogen functional groups attached to an aromatic ring is 1. The minimum atomic E-state index is -0.476. The molecule has 1 aliphatic carbocycles. The maximum absolute atomic E-state index is 11.6. The van der Waals surface area contributed by atoms with Gasteiger partial charge in [0.05, 0.1) is 25.6 Å². The highest BCUT2D eigenvalue weighted by molar-refractivity contribution is 5.92. The van der Waals surface area contributed by atoms with Crippen molar-refractivity contribution < 1.29 is 14.3 Å². The molecule has 6 heteroatoms. The Kier molecular flexibility index (Phi) is 4.79. The van der Waals surface area contributed by atoms with Crippen molar-refractivity contribution in [2.45, 2.75) is 45.3 Å². The standard InChI is InChI=1S/C13H21N3O3/c1-2-18-13(17)11-12(14)16(9-15-11)7-8-19-10-5-3-4-6-10/h9-10H,2-8,14H2,1H3. The van der Waals surface area contributed by atoms with Gasteiger partial charge in [0.15, 0.2) is 5.69 Å². The summed E-state index contributed by atoms with van der Waals surface area (Å²) >= 11 is 0. The van der Waals surface area contributed by atoms with Crippen LogP contribution in [0.1, 0.15) is 43.1 Å². The van der Waals surface area contributed by atoms with E-state index in [1.165, 1.54) is 12.8 Å². The Hall–Kier alpha value is -1.56. The Balaban J connectivity index is 1.85. The average molecular weight is 267 g/mol. The number of carbonyl (C=O) groups excluding carboxylic acids is 1. The molecule has 0 bridgehead atoms. The predicted molar refractivity (Wildman–Crippen MR) is 70.8 cm³/mol. The molecule has 1 aromatic heterocycles. The van der Waals surface area contributed by atoms with Crippen LogP contribution in [0.15, 0.2) is 6.33 Å². The summed E-state index contributed by atoms with van der Waals surface area (Å²) in [6, 6.07) is 0. The number of hydrogen-bond acceptors (Lipinski definition) is 5. The Morgan fingerprint density at radius 1 is 1.53 bits per heavy atom. The van der Waals surface area contributed by atoms with Gasteiger partial charge in [0.1, 0.15) is 5.82 Å². The number of anilines is 1. The molecular formula is C13H21N3O3. The maximum atomic E-state index is 11.6. The van der Waals surface area contributed by atoms with Crippen molar-refractivity contribution in [3.05, 3.63) is 12.0 Å². The van der Waals surface area contributed by atoms with Gasteiger partial charge < -0.3 is 19.8 Å². The molecule has 106 valence electrons. The minimum Gasteiger partial charge on any atom is -0.461 e. The lowest BCUT2D eigenvalue weighted by molar-refractivity contribution is 0.0514. The quantitative estimate of drug-likeness (QED) is 0.792. The van der Waals surface area contributed by atoms with Gasteiger partial charge >= 0.3 is 5.97 Å². The SMILES string of the molecule is CCOC(=O)c1ncn(CCOC2CCCC2)c1N. The molecule has 6 nitrogen and oxygen atoms in total. The van der Waals surface area contributed by atoms with Gasteiger partial charge in [-0.15, -0.1) is 0 Å². The van der Waals surface area contributed by atoms with Gasteiger partial charge in [-0.05, 0) is 19.8 Å². The summed E-state index contributed by atoms with van der Waals surface area (Å²) in [5, 5.41) is 0. The fourth-order valence-corrected chi connectivity index (χ4v) is 2.30. The largest absolute Gasteiger partial charge is 0.461 e. The third kappa shape index (κ3) is 3.47. The van der Waals surface area contributed by atoms with Crippen LogP contribution in [0, 0.1) is 0 Å². The zero-order chi connectivity index (χ0) is 13.7. The first-order valence-corrected chi connectivity index (χ1v) is 6.81. The number of nitrogens with two attached hydrogens (primary N) is 1. The maximum Gasteiger partial charge on any atom is 0.360 e. The van der Waals surface area contributed by atoms with E-state index in [4.69, 9.17) is 15.2 Å². The van der Waals surface area contributed by atoms with Gasteiger partial charge in [0.2, 0.25) is 0 Å². The smallest absolute Gasteiger partial charge is 0.360 e. The molecule has 0 aliphatic heterocycles. The highest BCUT2D eigenvalue weighted by Crippen LogP contribution is 2.21. The van der Waals surface area contributed by atoms with Crippen molar-refractivity contribution in [3.63, 3.8) is 0 Å². The van der Waals surface area contributed by atoms with E-state index in [9.17, 15) is 4.79 Å². The molecule has 0 aromatic carbocycles. The van der Waals surface area contributed by atoms with Crippen LogP contribution < -0.4 is 5.73 Å². The Morgan fingerprint density at radius 2 is 2.26 bits per heavy atom. The van der Waals surface area contributed by atoms with Gasteiger partial charge in [0, 0.05) is 6.54 Å². The molecule has 2 N–H and O–H groups in total. The van der Waals surface area contributed by atoms with Gasteiger partial charge in [-0.3, -0.25) is 0 Å². The first kappa shape index (κ1) is 13.9. The number of imidazole rings is 1. The molecule has 2 rings (SSSR count). The number of carbonyl (C=O) groups is 1. The Morgan fingerprint density at radius 3 is 2.95 bits per heavy atom. The highest BCUT2D eigenvalue weighted by Gasteiger charge is 2.18. The summed E-state index contributed by atoms with van der Waals surface area (Å²) in [5.74, 6) is -0.135. The normalized spacial score (nSPS) is 15.8. The molecule has 0 spiro atoms. The lowest BCUT2D eigenvalue weighted by Crippen LogP contribution is -2.15. The molecule has 0 radical (unpaired) electrons. The second kappa shape index (κ2) is 6.56. The molecule has 1 aliphatic rings. The van der Waals surface area contributed by atoms with Crippen LogP contribution >= 0.6 is 0 Å². The molecule has 1 saturated carbocycles. The molecule has 1 fully saturated rings. The molecule has 19 heavy (non-hydrogen) atoms. The second-order valence-corrected chi connectivity index (χ2v) is 4.67. The minimum absolute atomic E-state index is 0.183. The third-order valence-electron chi connectivity index (χ3n) is 3.33. The van der Waals surface area contributed by atoms with E-state index in [1.807, 2.05) is 0 Å². The Labute approximate surface area is 112 Å². The van der Waals surface area contributed by atoms with Crippen molar-refractivity contribution >= 4 is 11.8 Å². The lowest BCUT2D eigenvalue weighted by atomic mass is 10.3. The van der Waals surface area contributed by atoms with Crippen LogP contribution in [0.5, 0.6) is 0 Å². The average Bonchev–Trinajstić information content (AvgIpc) is 3.01. The monoisotopic (exact) mass is 267 g/mol. The molecular weight excluding hydrogens is 246 g/mol. The topological polar surface area (TPSA) is 79.4 Å². The third-order valence-corrected chi connectivity index (χ3v) is 3.33. The van der Waals surface area contributed by atoms with E-state index in [0.717, 1.165) is 12.8 Å². The highest BCUT2D eigenvalue weighted by atomic mass is 16.5. The van der Waals surface area contributed by atoms with Crippen LogP contribution in [0.3, 0.4) is 0 Å². The van der Waals surface area contributed by atoms with Crippen LogP contribution in [0.25, 0.3) is 0 Å². The number of hydrogen-bond donors (Lipinski definition) is 1. The van der Waals surface area contributed by atoms with Crippen molar-refractivity contribution in [2.24, 2.45) is 0 Å². The summed E-state index contributed by atoms with van der Waals surface area (Å²) in [4.78, 5) is 15.5. The molecule has 1 aromatic rings. The van der Waals surface area contributed by atoms with Crippen LogP contribution in [0.2, 0.25) is 0 Å². The number of esters is 1. The van der Waals surface area contributed by atoms with Crippen LogP contribution in [-0.2, 0) is 16.0 Å². The summed E-state index contributed by atoms with van der Waals surface area (Å²) in [7, 11) is 0. The van der Waals surface area contributed by atoms with Gasteiger partial charge in [-0.2, -0.15) is 0 Å². The summed E-state index contributed by atoms with van der Waals surface area (Å²) < 4.78 is 12.4. The van der Waals surface area contributed by atoms with E-state index in [0.29, 0.717) is 31.7 Å². The van der Waals surface area contributed by atoms with Crippen LogP contribution in [-0.4, -0.2) is 34.8 Å². The fourth-order valence-electron chi connectivity index (χ4n) is 2.30. The van der Waals surface area contributed by atoms with Crippen molar-refractivity contribution in [1.29, 1.82) is 0 Å². The van der Waals surface area contributed by atoms with E-state index in [1.54, 1.807) is 17.8 Å². The summed E-state index contributed by atoms with van der Waals surface area (Å²) in [6.45, 7) is 3.26. The summed E-state index contributed by atoms with van der Waals surface area (Å²) in [6.07, 6.45) is 6.74. The van der Waals surface area contributed by atoms with E-state index < -0.39 is 5.97 Å². The summed E-state index contributed by atoms with van der Waals surface area (Å²) in [5.41, 5.74) is 6.06. The molecule has 0 saturated heterocycles. The number of ether oxygens (including phenoxy) is 2. The first-order chi connectivity index (χ1) is 9.22. The molecule has 1 heterocycles. The van der Waals surface area contributed by atoms with E-state index in [2.05, 4.69) is 4.98 Å². The number of nitrogens with zero attached hydrogens (tertiary/aromatic N) is 2. The zero-order valence-electron chi connectivity index (χ0n) is 11.3. The lowest BCUT2D eigenvalue weighted by Gasteiger charge is -2.11. The number of aromatic nitrogens is 2. The Bertz CT molecular complexity index is 425. The zero-order valence-corrected chi connectivity index (χ0v) is 11.3. The predicted octanol–water partition coefficient (Wildman–Crippen LogP) is 1.60. The second-order valence-electron chi connectivity index (χ2n) is 4.67. The van der Waals surface area contributed by atoms with Gasteiger partial charge in [-0.1, -0.05) is 12.8 Å². The first-order valence-electron chi connectivity index (χ1n) is 6.81. The van der Waals surface area contributed by atoms with Gasteiger partial charge in [0.25, 0.3) is 0 Å². The van der Waals surface area contributed by atoms with E-state index in [-0.39, 0.29) is 5.69 Å². The molecule has 0 atom stereocenters. The fraction of sp³-hybridized carbons (Fsp3) is 0.692. The van der Waals surface area contributed by atoms with Crippen molar-refractivity contribution in [3.8, 4) is 0 Å². The van der Waals surface area contributed by atoms with Crippen molar-refractivity contribution in [2.75, 3.05) is 18.9 Å².